The summed E-state index contributed by atoms with van der Waals surface area (Å²) in [7, 11) is 0. The van der Waals surface area contributed by atoms with Crippen molar-refractivity contribution in [2.24, 2.45) is 5.92 Å². The predicted octanol–water partition coefficient (Wildman–Crippen LogP) is 3.78. The van der Waals surface area contributed by atoms with Crippen molar-refractivity contribution < 1.29 is 9.90 Å². The molecule has 1 atom stereocenters. The lowest BCUT2D eigenvalue weighted by atomic mass is 9.99. The number of benzene rings is 1. The van der Waals surface area contributed by atoms with Crippen molar-refractivity contribution in [3.63, 3.8) is 0 Å². The first-order valence-electron chi connectivity index (χ1n) is 6.52. The van der Waals surface area contributed by atoms with Gasteiger partial charge in [0.15, 0.2) is 0 Å². The van der Waals surface area contributed by atoms with Crippen molar-refractivity contribution in [3.05, 3.63) is 34.3 Å². The van der Waals surface area contributed by atoms with E-state index in [1.807, 2.05) is 12.1 Å². The zero-order chi connectivity index (χ0) is 13.8. The van der Waals surface area contributed by atoms with Crippen LogP contribution in [0.5, 0.6) is 0 Å². The van der Waals surface area contributed by atoms with Gasteiger partial charge in [0.2, 0.25) is 0 Å². The molecule has 102 valence electrons. The van der Waals surface area contributed by atoms with E-state index < -0.39 is 5.97 Å². The van der Waals surface area contributed by atoms with Gasteiger partial charge in [0, 0.05) is 29.3 Å². The number of piperidine rings is 1. The van der Waals surface area contributed by atoms with Crippen LogP contribution in [0.1, 0.15) is 25.3 Å². The van der Waals surface area contributed by atoms with E-state index in [1.165, 1.54) is 18.9 Å². The Morgan fingerprint density at radius 2 is 2.32 bits per heavy atom. The summed E-state index contributed by atoms with van der Waals surface area (Å²) in [5.41, 5.74) is 2.07. The van der Waals surface area contributed by atoms with Gasteiger partial charge < -0.3 is 10.0 Å². The Morgan fingerprint density at radius 3 is 3.00 bits per heavy atom. The minimum absolute atomic E-state index is 0.689. The summed E-state index contributed by atoms with van der Waals surface area (Å²) >= 11 is 3.44. The number of carboxylic acid groups (broad SMARTS) is 1. The van der Waals surface area contributed by atoms with E-state index in [9.17, 15) is 4.79 Å². The van der Waals surface area contributed by atoms with E-state index in [1.54, 1.807) is 6.08 Å². The number of aliphatic carboxylic acids is 1. The van der Waals surface area contributed by atoms with Crippen molar-refractivity contribution in [3.8, 4) is 0 Å². The van der Waals surface area contributed by atoms with Gasteiger partial charge in [-0.3, -0.25) is 0 Å². The summed E-state index contributed by atoms with van der Waals surface area (Å²) in [4.78, 5) is 13.0. The third-order valence-corrected chi connectivity index (χ3v) is 3.89. The van der Waals surface area contributed by atoms with E-state index >= 15 is 0 Å². The molecular weight excluding hydrogens is 306 g/mol. The van der Waals surface area contributed by atoms with Gasteiger partial charge in [0.05, 0.1) is 0 Å². The van der Waals surface area contributed by atoms with E-state index in [0.29, 0.717) is 5.92 Å². The molecule has 0 radical (unpaired) electrons. The molecule has 1 aromatic carbocycles. The fourth-order valence-electron chi connectivity index (χ4n) is 2.52. The zero-order valence-corrected chi connectivity index (χ0v) is 12.6. The van der Waals surface area contributed by atoms with Crippen molar-refractivity contribution in [2.45, 2.75) is 19.8 Å². The van der Waals surface area contributed by atoms with Crippen LogP contribution in [0.4, 0.5) is 5.69 Å². The summed E-state index contributed by atoms with van der Waals surface area (Å²) in [5, 5.41) is 8.78. The molecule has 1 aliphatic heterocycles. The average molecular weight is 324 g/mol. The van der Waals surface area contributed by atoms with Crippen molar-refractivity contribution in [2.75, 3.05) is 18.0 Å². The monoisotopic (exact) mass is 323 g/mol. The third kappa shape index (κ3) is 3.83. The van der Waals surface area contributed by atoms with Crippen LogP contribution < -0.4 is 4.90 Å². The number of halogens is 1. The quantitative estimate of drug-likeness (QED) is 0.860. The van der Waals surface area contributed by atoms with Crippen LogP contribution in [0.3, 0.4) is 0 Å². The highest BCUT2D eigenvalue weighted by Gasteiger charge is 2.18. The average Bonchev–Trinajstić information content (AvgIpc) is 2.36. The number of hydrogen-bond acceptors (Lipinski definition) is 2. The van der Waals surface area contributed by atoms with Gasteiger partial charge in [-0.25, -0.2) is 4.79 Å². The van der Waals surface area contributed by atoms with Crippen molar-refractivity contribution in [1.29, 1.82) is 0 Å². The molecule has 0 saturated carbocycles. The Kier molecular flexibility index (Phi) is 4.64. The maximum atomic E-state index is 10.7. The lowest BCUT2D eigenvalue weighted by Crippen LogP contribution is -2.34. The molecule has 1 unspecified atom stereocenters. The van der Waals surface area contributed by atoms with Crippen LogP contribution >= 0.6 is 15.9 Å². The Balaban J connectivity index is 2.30. The van der Waals surface area contributed by atoms with Gasteiger partial charge in [-0.15, -0.1) is 0 Å². The van der Waals surface area contributed by atoms with Gasteiger partial charge in [-0.05, 0) is 48.6 Å². The summed E-state index contributed by atoms with van der Waals surface area (Å²) in [6.45, 7) is 4.34. The lowest BCUT2D eigenvalue weighted by molar-refractivity contribution is -0.131. The molecule has 19 heavy (non-hydrogen) atoms. The van der Waals surface area contributed by atoms with E-state index in [4.69, 9.17) is 5.11 Å². The van der Waals surface area contributed by atoms with Gasteiger partial charge in [-0.1, -0.05) is 22.9 Å². The highest BCUT2D eigenvalue weighted by Crippen LogP contribution is 2.29. The summed E-state index contributed by atoms with van der Waals surface area (Å²) in [6, 6.07) is 6.03. The minimum Gasteiger partial charge on any atom is -0.478 e. The molecule has 1 heterocycles. The molecule has 0 spiro atoms. The van der Waals surface area contributed by atoms with E-state index in [0.717, 1.165) is 28.8 Å². The number of hydrogen-bond donors (Lipinski definition) is 1. The summed E-state index contributed by atoms with van der Waals surface area (Å²) in [5.74, 6) is -0.230. The largest absolute Gasteiger partial charge is 0.478 e. The maximum absolute atomic E-state index is 10.7. The summed E-state index contributed by atoms with van der Waals surface area (Å²) in [6.07, 6.45) is 5.33. The van der Waals surface area contributed by atoms with E-state index in [2.05, 4.69) is 33.8 Å². The number of rotatable bonds is 3. The first kappa shape index (κ1) is 14.1. The first-order valence-corrected chi connectivity index (χ1v) is 7.31. The second-order valence-electron chi connectivity index (χ2n) is 5.07. The van der Waals surface area contributed by atoms with Gasteiger partial charge in [-0.2, -0.15) is 0 Å². The topological polar surface area (TPSA) is 40.5 Å². The molecule has 2 rings (SSSR count). The van der Waals surface area contributed by atoms with Crippen LogP contribution in [0.15, 0.2) is 28.7 Å². The highest BCUT2D eigenvalue weighted by atomic mass is 79.9. The maximum Gasteiger partial charge on any atom is 0.328 e. The molecule has 0 amide bonds. The molecule has 3 nitrogen and oxygen atoms in total. The van der Waals surface area contributed by atoms with Crippen LogP contribution in [-0.4, -0.2) is 24.2 Å². The fraction of sp³-hybridized carbons (Fsp3) is 0.400. The molecule has 1 saturated heterocycles. The van der Waals surface area contributed by atoms with Gasteiger partial charge in [0.1, 0.15) is 0 Å². The predicted molar refractivity (Wildman–Crippen MR) is 81.4 cm³/mol. The SMILES string of the molecule is CC1CCCN(c2ccc(Br)cc2/C=C/C(=O)O)C1. The standard InChI is InChI=1S/C15H18BrNO2/c1-11-3-2-8-17(10-11)14-6-5-13(16)9-12(14)4-7-15(18)19/h4-7,9,11H,2-3,8,10H2,1H3,(H,18,19)/b7-4+. The second-order valence-corrected chi connectivity index (χ2v) is 5.98. The molecule has 0 aromatic heterocycles. The molecule has 1 N–H and O–H groups in total. The smallest absolute Gasteiger partial charge is 0.328 e. The first-order chi connectivity index (χ1) is 9.06. The second kappa shape index (κ2) is 6.24. The van der Waals surface area contributed by atoms with Crippen LogP contribution in [0, 0.1) is 5.92 Å². The number of carbonyl (C=O) groups is 1. The summed E-state index contributed by atoms with van der Waals surface area (Å²) < 4.78 is 0.964. The Bertz CT molecular complexity index is 499. The number of carboxylic acids is 1. The third-order valence-electron chi connectivity index (χ3n) is 3.39. The lowest BCUT2D eigenvalue weighted by Gasteiger charge is -2.33. The van der Waals surface area contributed by atoms with Crippen molar-refractivity contribution in [1.82, 2.24) is 0 Å². The molecule has 0 aliphatic carbocycles. The zero-order valence-electron chi connectivity index (χ0n) is 11.0. The molecular formula is C15H18BrNO2. The van der Waals surface area contributed by atoms with Crippen LogP contribution in [0.2, 0.25) is 0 Å². The fourth-order valence-corrected chi connectivity index (χ4v) is 2.89. The number of nitrogens with zero attached hydrogens (tertiary/aromatic N) is 1. The Morgan fingerprint density at radius 1 is 1.53 bits per heavy atom. The van der Waals surface area contributed by atoms with Crippen molar-refractivity contribution >= 4 is 33.7 Å². The normalized spacial score (nSPS) is 19.9. The van der Waals surface area contributed by atoms with E-state index in [-0.39, 0.29) is 0 Å². The molecule has 4 heteroatoms. The van der Waals surface area contributed by atoms with Gasteiger partial charge in [0.25, 0.3) is 0 Å². The minimum atomic E-state index is -0.919. The number of anilines is 1. The molecule has 1 aliphatic rings. The Hall–Kier alpha value is -1.29. The highest BCUT2D eigenvalue weighted by molar-refractivity contribution is 9.10. The van der Waals surface area contributed by atoms with Gasteiger partial charge >= 0.3 is 5.97 Å². The molecule has 0 bridgehead atoms. The molecule has 1 fully saturated rings. The van der Waals surface area contributed by atoms with Crippen LogP contribution in [-0.2, 0) is 4.79 Å². The van der Waals surface area contributed by atoms with Crippen LogP contribution in [0.25, 0.3) is 6.08 Å². The Labute approximate surface area is 122 Å². The molecule has 1 aromatic rings.